The molecule has 6 heteroatoms. The number of hydrogen-bond donors (Lipinski definition) is 2. The highest BCUT2D eigenvalue weighted by Crippen LogP contribution is 2.24. The first-order valence-corrected chi connectivity index (χ1v) is 10.2. The zero-order valence-electron chi connectivity index (χ0n) is 17.1. The molecule has 0 saturated carbocycles. The van der Waals surface area contributed by atoms with E-state index in [-0.39, 0.29) is 29.4 Å². The van der Waals surface area contributed by atoms with Crippen LogP contribution in [-0.4, -0.2) is 49.5 Å². The molecule has 1 aromatic carbocycles. The Balaban J connectivity index is 1.75. The second-order valence-corrected chi connectivity index (χ2v) is 7.39. The number of ketones is 1. The Bertz CT molecular complexity index is 833. The van der Waals surface area contributed by atoms with Gasteiger partial charge in [0.15, 0.2) is 5.78 Å². The fourth-order valence-corrected chi connectivity index (χ4v) is 3.53. The molecular formula is C23H29N3O3. The lowest BCUT2D eigenvalue weighted by Gasteiger charge is -2.23. The minimum Gasteiger partial charge on any atom is -0.376 e. The van der Waals surface area contributed by atoms with Crippen LogP contribution in [-0.2, 0) is 4.74 Å². The Kier molecular flexibility index (Phi) is 7.49. The van der Waals surface area contributed by atoms with Crippen molar-refractivity contribution in [3.8, 4) is 0 Å². The normalized spacial score (nSPS) is 17.5. The van der Waals surface area contributed by atoms with E-state index < -0.39 is 0 Å². The standard InChI is InChI=1S/C23H29N3O3/c1-16(17-7-4-3-5-8-17)20-13-18(14-21(26-20)23(28)24-2)22(27)10-6-9-19-15-25-11-12-29-19/h3-5,7-8,13-14,16,19,25H,6,9-12,15H2,1-2H3,(H,24,28)/t16-,19-/m0/s1. The van der Waals surface area contributed by atoms with Gasteiger partial charge in [0.1, 0.15) is 5.69 Å². The van der Waals surface area contributed by atoms with Gasteiger partial charge in [-0.2, -0.15) is 0 Å². The highest BCUT2D eigenvalue weighted by atomic mass is 16.5. The molecule has 0 bridgehead atoms. The van der Waals surface area contributed by atoms with Gasteiger partial charge in [-0.15, -0.1) is 0 Å². The minimum absolute atomic E-state index is 0.0194. The second-order valence-electron chi connectivity index (χ2n) is 7.39. The van der Waals surface area contributed by atoms with Crippen LogP contribution in [0.2, 0.25) is 0 Å². The fourth-order valence-electron chi connectivity index (χ4n) is 3.53. The topological polar surface area (TPSA) is 80.3 Å². The Morgan fingerprint density at radius 3 is 2.76 bits per heavy atom. The van der Waals surface area contributed by atoms with Gasteiger partial charge in [0.05, 0.1) is 12.7 Å². The zero-order chi connectivity index (χ0) is 20.6. The molecule has 6 nitrogen and oxygen atoms in total. The van der Waals surface area contributed by atoms with Crippen LogP contribution in [0.15, 0.2) is 42.5 Å². The number of carbonyl (C=O) groups is 2. The fraction of sp³-hybridized carbons (Fsp3) is 0.435. The van der Waals surface area contributed by atoms with Gasteiger partial charge in [-0.1, -0.05) is 37.3 Å². The molecule has 1 saturated heterocycles. The number of amides is 1. The molecule has 2 atom stereocenters. The van der Waals surface area contributed by atoms with Gasteiger partial charge in [0.2, 0.25) is 0 Å². The summed E-state index contributed by atoms with van der Waals surface area (Å²) in [6, 6.07) is 13.4. The van der Waals surface area contributed by atoms with E-state index in [1.165, 1.54) is 0 Å². The number of benzene rings is 1. The summed E-state index contributed by atoms with van der Waals surface area (Å²) in [4.78, 5) is 29.6. The number of morpholine rings is 1. The summed E-state index contributed by atoms with van der Waals surface area (Å²) in [5.41, 5.74) is 2.63. The van der Waals surface area contributed by atoms with Crippen molar-refractivity contribution >= 4 is 11.7 Å². The van der Waals surface area contributed by atoms with E-state index in [1.807, 2.05) is 43.3 Å². The molecule has 1 fully saturated rings. The van der Waals surface area contributed by atoms with E-state index in [0.717, 1.165) is 43.8 Å². The molecule has 1 aliphatic heterocycles. The number of Topliss-reactive ketones (excluding diaryl/α,β-unsaturated/α-hetero) is 1. The molecule has 1 aromatic heterocycles. The first-order chi connectivity index (χ1) is 14.1. The van der Waals surface area contributed by atoms with Crippen LogP contribution >= 0.6 is 0 Å². The van der Waals surface area contributed by atoms with Crippen LogP contribution < -0.4 is 10.6 Å². The van der Waals surface area contributed by atoms with Gasteiger partial charge in [0.25, 0.3) is 5.91 Å². The number of nitrogens with one attached hydrogen (secondary N) is 2. The largest absolute Gasteiger partial charge is 0.376 e. The van der Waals surface area contributed by atoms with E-state index in [2.05, 4.69) is 15.6 Å². The van der Waals surface area contributed by atoms with E-state index in [1.54, 1.807) is 13.1 Å². The van der Waals surface area contributed by atoms with Crippen LogP contribution in [0.5, 0.6) is 0 Å². The molecular weight excluding hydrogens is 366 g/mol. The molecule has 2 N–H and O–H groups in total. The summed E-state index contributed by atoms with van der Waals surface area (Å²) in [5.74, 6) is -0.278. The van der Waals surface area contributed by atoms with Crippen LogP contribution in [0.4, 0.5) is 0 Å². The summed E-state index contributed by atoms with van der Waals surface area (Å²) >= 11 is 0. The van der Waals surface area contributed by atoms with Gasteiger partial charge in [-0.05, 0) is 30.5 Å². The first-order valence-electron chi connectivity index (χ1n) is 10.2. The maximum absolute atomic E-state index is 12.8. The summed E-state index contributed by atoms with van der Waals surface area (Å²) in [6.07, 6.45) is 2.20. The Hall–Kier alpha value is -2.57. The van der Waals surface area contributed by atoms with Crippen molar-refractivity contribution in [1.29, 1.82) is 0 Å². The van der Waals surface area contributed by atoms with Crippen molar-refractivity contribution in [2.75, 3.05) is 26.7 Å². The van der Waals surface area contributed by atoms with Gasteiger partial charge in [-0.3, -0.25) is 9.59 Å². The summed E-state index contributed by atoms with van der Waals surface area (Å²) in [7, 11) is 1.57. The molecule has 1 aliphatic rings. The minimum atomic E-state index is -0.289. The first kappa shape index (κ1) is 21.1. The number of aromatic nitrogens is 1. The van der Waals surface area contributed by atoms with Crippen molar-refractivity contribution in [3.63, 3.8) is 0 Å². The third-order valence-electron chi connectivity index (χ3n) is 5.30. The molecule has 0 unspecified atom stereocenters. The highest BCUT2D eigenvalue weighted by molar-refractivity contribution is 5.99. The molecule has 2 heterocycles. The third kappa shape index (κ3) is 5.71. The average molecular weight is 396 g/mol. The molecule has 3 rings (SSSR count). The van der Waals surface area contributed by atoms with Crippen molar-refractivity contribution in [2.24, 2.45) is 0 Å². The van der Waals surface area contributed by atoms with Gasteiger partial charge >= 0.3 is 0 Å². The average Bonchev–Trinajstić information content (AvgIpc) is 2.79. The lowest BCUT2D eigenvalue weighted by Crippen LogP contribution is -2.38. The molecule has 1 amide bonds. The Labute approximate surface area is 172 Å². The molecule has 0 aliphatic carbocycles. The highest BCUT2D eigenvalue weighted by Gasteiger charge is 2.19. The van der Waals surface area contributed by atoms with Crippen LogP contribution in [0.1, 0.15) is 64.2 Å². The monoisotopic (exact) mass is 395 g/mol. The summed E-state index contributed by atoms with van der Waals surface area (Å²) in [5, 5.41) is 5.91. The van der Waals surface area contributed by atoms with Gasteiger partial charge < -0.3 is 15.4 Å². The van der Waals surface area contributed by atoms with E-state index in [0.29, 0.717) is 12.0 Å². The Morgan fingerprint density at radius 1 is 1.28 bits per heavy atom. The van der Waals surface area contributed by atoms with Crippen molar-refractivity contribution in [1.82, 2.24) is 15.6 Å². The van der Waals surface area contributed by atoms with Crippen molar-refractivity contribution in [2.45, 2.75) is 38.2 Å². The smallest absolute Gasteiger partial charge is 0.269 e. The number of ether oxygens (including phenoxy) is 1. The van der Waals surface area contributed by atoms with E-state index >= 15 is 0 Å². The molecule has 2 aromatic rings. The predicted molar refractivity (Wildman–Crippen MR) is 112 cm³/mol. The second kappa shape index (κ2) is 10.3. The van der Waals surface area contributed by atoms with Crippen molar-refractivity contribution in [3.05, 3.63) is 65.0 Å². The van der Waals surface area contributed by atoms with Gasteiger partial charge in [-0.25, -0.2) is 4.98 Å². The molecule has 154 valence electrons. The van der Waals surface area contributed by atoms with Crippen LogP contribution in [0, 0.1) is 0 Å². The quantitative estimate of drug-likeness (QED) is 0.672. The maximum atomic E-state index is 12.8. The number of hydrogen-bond acceptors (Lipinski definition) is 5. The summed E-state index contributed by atoms with van der Waals surface area (Å²) < 4.78 is 5.69. The predicted octanol–water partition coefficient (Wildman–Crippen LogP) is 2.93. The van der Waals surface area contributed by atoms with Crippen molar-refractivity contribution < 1.29 is 14.3 Å². The van der Waals surface area contributed by atoms with Crippen LogP contribution in [0.3, 0.4) is 0 Å². The lowest BCUT2D eigenvalue weighted by molar-refractivity contribution is 0.0222. The number of nitrogens with zero attached hydrogens (tertiary/aromatic N) is 1. The molecule has 0 radical (unpaired) electrons. The summed E-state index contributed by atoms with van der Waals surface area (Å²) in [6.45, 7) is 4.48. The third-order valence-corrected chi connectivity index (χ3v) is 5.30. The number of pyridine rings is 1. The lowest BCUT2D eigenvalue weighted by atomic mass is 9.94. The van der Waals surface area contributed by atoms with E-state index in [9.17, 15) is 9.59 Å². The number of rotatable bonds is 8. The van der Waals surface area contributed by atoms with E-state index in [4.69, 9.17) is 4.74 Å². The SMILES string of the molecule is CNC(=O)c1cc(C(=O)CCC[C@H]2CNCCO2)cc([C@@H](C)c2ccccc2)n1. The number of carbonyl (C=O) groups excluding carboxylic acids is 2. The van der Waals surface area contributed by atoms with Gasteiger partial charge in [0, 0.05) is 43.7 Å². The van der Waals surface area contributed by atoms with Crippen LogP contribution in [0.25, 0.3) is 0 Å². The zero-order valence-corrected chi connectivity index (χ0v) is 17.1. The molecule has 29 heavy (non-hydrogen) atoms. The Morgan fingerprint density at radius 2 is 2.07 bits per heavy atom. The molecule has 0 spiro atoms. The maximum Gasteiger partial charge on any atom is 0.269 e.